The van der Waals surface area contributed by atoms with Crippen LogP contribution in [-0.2, 0) is 28.7 Å². The lowest BCUT2D eigenvalue weighted by atomic mass is 9.75. The molecule has 7 nitrogen and oxygen atoms in total. The first kappa shape index (κ1) is 21.4. The molecule has 1 fully saturated rings. The zero-order valence-electron chi connectivity index (χ0n) is 15.0. The summed E-state index contributed by atoms with van der Waals surface area (Å²) in [5.41, 5.74) is -2.35. The Morgan fingerprint density at radius 3 is 2.44 bits per heavy atom. The zero-order chi connectivity index (χ0) is 19.4. The Hall–Kier alpha value is -1.61. The van der Waals surface area contributed by atoms with Crippen LogP contribution in [0.25, 0.3) is 0 Å². The average molecular weight is 369 g/mol. The van der Waals surface area contributed by atoms with E-state index >= 15 is 0 Å². The van der Waals surface area contributed by atoms with E-state index in [0.29, 0.717) is 6.42 Å². The Bertz CT molecular complexity index is 589. The minimum atomic E-state index is -1.19. The number of hydrogen-bond donors (Lipinski definition) is 1. The highest BCUT2D eigenvalue weighted by atomic mass is 32.1. The molecule has 1 heterocycles. The fourth-order valence-corrected chi connectivity index (χ4v) is 2.46. The van der Waals surface area contributed by atoms with Crippen LogP contribution in [0.1, 0.15) is 40.5 Å². The Labute approximate surface area is 153 Å². The van der Waals surface area contributed by atoms with Crippen LogP contribution in [0.2, 0.25) is 0 Å². The van der Waals surface area contributed by atoms with E-state index in [1.807, 2.05) is 0 Å². The number of esters is 1. The Morgan fingerprint density at radius 1 is 1.36 bits per heavy atom. The minimum absolute atomic E-state index is 0.000625. The first-order valence-electron chi connectivity index (χ1n) is 7.94. The average Bonchev–Trinajstić information content (AvgIpc) is 2.72. The smallest absolute Gasteiger partial charge is 0.330 e. The maximum Gasteiger partial charge on any atom is 0.330 e. The van der Waals surface area contributed by atoms with Crippen molar-refractivity contribution < 1.29 is 28.7 Å². The Morgan fingerprint density at radius 2 is 1.96 bits per heavy atom. The third-order valence-corrected chi connectivity index (χ3v) is 4.31. The Balaban J connectivity index is 2.55. The third kappa shape index (κ3) is 6.00. The number of hydrogen-bond acceptors (Lipinski definition) is 7. The lowest BCUT2D eigenvalue weighted by Crippen LogP contribution is -2.48. The van der Waals surface area contributed by atoms with Gasteiger partial charge in [-0.3, -0.25) is 9.59 Å². The number of thiol groups is 1. The summed E-state index contributed by atoms with van der Waals surface area (Å²) >= 11 is 4.02. The fraction of sp³-hybridized carbons (Fsp3) is 0.625. The van der Waals surface area contributed by atoms with E-state index in [2.05, 4.69) is 19.2 Å². The first-order valence-corrected chi connectivity index (χ1v) is 8.46. The second-order valence-corrected chi connectivity index (χ2v) is 7.58. The van der Waals surface area contributed by atoms with Crippen molar-refractivity contribution in [1.82, 2.24) is 4.81 Å². The van der Waals surface area contributed by atoms with E-state index in [1.165, 1.54) is 0 Å². The number of nitrogens with zero attached hydrogens (tertiary/aromatic N) is 1. The molecule has 1 unspecified atom stereocenters. The summed E-state index contributed by atoms with van der Waals surface area (Å²) in [6.07, 6.45) is 1.44. The van der Waals surface area contributed by atoms with Crippen molar-refractivity contribution in [3.8, 4) is 0 Å². The lowest BCUT2D eigenvalue weighted by Gasteiger charge is -2.29. The first-order chi connectivity index (χ1) is 11.4. The molecule has 1 aliphatic heterocycles. The van der Waals surface area contributed by atoms with Crippen LogP contribution in [-0.4, -0.2) is 58.8 Å². The molecule has 25 heavy (non-hydrogen) atoms. The summed E-state index contributed by atoms with van der Waals surface area (Å²) in [5.74, 6) is -1.41. The molecule has 1 atom stereocenters. The predicted octanol–water partition coefficient (Wildman–Crippen LogP) is 0.615. The van der Waals surface area contributed by atoms with Gasteiger partial charge in [-0.25, -0.2) is 4.79 Å². The predicted molar refractivity (Wildman–Crippen MR) is 96.4 cm³/mol. The molecular weight excluding hydrogens is 345 g/mol. The van der Waals surface area contributed by atoms with Crippen molar-refractivity contribution in [1.29, 1.82) is 0 Å². The molecule has 0 aromatic carbocycles. The van der Waals surface area contributed by atoms with Crippen LogP contribution in [0.15, 0.2) is 12.7 Å². The molecule has 138 valence electrons. The molecule has 9 heteroatoms. The SMILES string of the molecule is C=CC(=O)OC(C)(C)CCOC(C)(C)C(=O)BN1C(=O)CC(S)C1=O. The van der Waals surface area contributed by atoms with Crippen molar-refractivity contribution in [3.63, 3.8) is 0 Å². The highest BCUT2D eigenvalue weighted by molar-refractivity contribution is 7.81. The maximum atomic E-state index is 12.4. The van der Waals surface area contributed by atoms with Gasteiger partial charge in [-0.2, -0.15) is 12.6 Å². The number of carbonyl (C=O) groups excluding carboxylic acids is 4. The number of imide groups is 1. The summed E-state index contributed by atoms with van der Waals surface area (Å²) in [6, 6.07) is 0. The van der Waals surface area contributed by atoms with E-state index in [4.69, 9.17) is 9.47 Å². The number of amides is 2. The summed E-state index contributed by atoms with van der Waals surface area (Å²) in [7, 11) is -0.337. The normalized spacial score (nSPS) is 18.3. The standard InChI is InChI=1S/C16H24BNO6S/c1-6-12(20)24-15(2,3)7-8-23-16(4,5)14(22)17-18-11(19)9-10(25)13(18)21/h6,10,17,25H,1,7-9H2,2-5H3. The van der Waals surface area contributed by atoms with E-state index in [1.54, 1.807) is 27.7 Å². The molecule has 0 aromatic heterocycles. The molecule has 0 bridgehead atoms. The Kier molecular flexibility index (Phi) is 7.02. The van der Waals surface area contributed by atoms with Gasteiger partial charge in [-0.1, -0.05) is 6.58 Å². The monoisotopic (exact) mass is 369 g/mol. The zero-order valence-corrected chi connectivity index (χ0v) is 15.9. The van der Waals surface area contributed by atoms with Crippen LogP contribution in [0.4, 0.5) is 0 Å². The molecule has 0 saturated carbocycles. The molecule has 1 saturated heterocycles. The largest absolute Gasteiger partial charge is 0.456 e. The van der Waals surface area contributed by atoms with E-state index < -0.39 is 39.9 Å². The summed E-state index contributed by atoms with van der Waals surface area (Å²) in [5, 5.41) is -0.690. The highest BCUT2D eigenvalue weighted by Gasteiger charge is 2.41. The maximum absolute atomic E-state index is 12.4. The summed E-state index contributed by atoms with van der Waals surface area (Å²) in [6.45, 7) is 10.1. The second-order valence-electron chi connectivity index (χ2n) is 6.95. The number of ether oxygens (including phenoxy) is 2. The van der Waals surface area contributed by atoms with Crippen molar-refractivity contribution in [2.75, 3.05) is 6.61 Å². The highest BCUT2D eigenvalue weighted by Crippen LogP contribution is 2.21. The number of carbonyl (C=O) groups is 4. The molecule has 1 aliphatic rings. The van der Waals surface area contributed by atoms with Crippen molar-refractivity contribution in [2.45, 2.75) is 57.0 Å². The van der Waals surface area contributed by atoms with Gasteiger partial charge in [-0.15, -0.1) is 0 Å². The van der Waals surface area contributed by atoms with Crippen LogP contribution in [0.5, 0.6) is 0 Å². The molecular formula is C16H24BNO6S. The van der Waals surface area contributed by atoms with Crippen LogP contribution in [0.3, 0.4) is 0 Å². The molecule has 0 spiro atoms. The van der Waals surface area contributed by atoms with Gasteiger partial charge in [0.25, 0.3) is 0 Å². The molecule has 0 aromatic rings. The molecule has 0 radical (unpaired) electrons. The van der Waals surface area contributed by atoms with Gasteiger partial charge >= 0.3 is 13.4 Å². The van der Waals surface area contributed by atoms with Gasteiger partial charge in [-0.05, 0) is 27.7 Å². The van der Waals surface area contributed by atoms with E-state index in [9.17, 15) is 19.2 Å². The van der Waals surface area contributed by atoms with Gasteiger partial charge in [0.15, 0.2) is 0 Å². The quantitative estimate of drug-likeness (QED) is 0.211. The minimum Gasteiger partial charge on any atom is -0.456 e. The van der Waals surface area contributed by atoms with Crippen molar-refractivity contribution in [3.05, 3.63) is 12.7 Å². The van der Waals surface area contributed by atoms with Crippen LogP contribution >= 0.6 is 12.6 Å². The second kappa shape index (κ2) is 8.18. The van der Waals surface area contributed by atoms with Gasteiger partial charge in [0, 0.05) is 18.9 Å². The third-order valence-electron chi connectivity index (χ3n) is 3.90. The molecule has 0 N–H and O–H groups in total. The van der Waals surface area contributed by atoms with Crippen LogP contribution < -0.4 is 0 Å². The molecule has 1 rings (SSSR count). The van der Waals surface area contributed by atoms with E-state index in [0.717, 1.165) is 10.9 Å². The van der Waals surface area contributed by atoms with E-state index in [-0.39, 0.29) is 20.4 Å². The fourth-order valence-electron chi connectivity index (χ4n) is 2.16. The van der Waals surface area contributed by atoms with Crippen molar-refractivity contribution >= 4 is 43.5 Å². The lowest BCUT2D eigenvalue weighted by molar-refractivity contribution is -0.154. The van der Waals surface area contributed by atoms with Crippen molar-refractivity contribution in [2.24, 2.45) is 0 Å². The topological polar surface area (TPSA) is 90.0 Å². The van der Waals surface area contributed by atoms with Gasteiger partial charge < -0.3 is 19.1 Å². The van der Waals surface area contributed by atoms with Crippen LogP contribution in [0, 0.1) is 0 Å². The molecule has 2 amide bonds. The summed E-state index contributed by atoms with van der Waals surface area (Å²) in [4.78, 5) is 48.2. The summed E-state index contributed by atoms with van der Waals surface area (Å²) < 4.78 is 10.8. The molecule has 0 aliphatic carbocycles. The van der Waals surface area contributed by atoms with Gasteiger partial charge in [0.2, 0.25) is 11.8 Å². The van der Waals surface area contributed by atoms with Gasteiger partial charge in [0.05, 0.1) is 11.9 Å². The number of rotatable bonds is 9. The van der Waals surface area contributed by atoms with Gasteiger partial charge in [0.1, 0.15) is 16.9 Å².